The average Bonchev–Trinajstić information content (AvgIpc) is 2.89. The number of hydrogen-bond acceptors (Lipinski definition) is 4. The fourth-order valence-electron chi connectivity index (χ4n) is 2.55. The lowest BCUT2D eigenvalue weighted by Crippen LogP contribution is -2.27. The van der Waals surface area contributed by atoms with Crippen LogP contribution in [0.1, 0.15) is 25.0 Å². The molecule has 19 heavy (non-hydrogen) atoms. The highest BCUT2D eigenvalue weighted by atomic mass is 16.5. The second-order valence-electron chi connectivity index (χ2n) is 4.97. The third kappa shape index (κ3) is 3.08. The number of rotatable bonds is 5. The van der Waals surface area contributed by atoms with Gasteiger partial charge in [-0.15, -0.1) is 0 Å². The van der Waals surface area contributed by atoms with E-state index in [-0.39, 0.29) is 18.3 Å². The van der Waals surface area contributed by atoms with Crippen molar-refractivity contribution in [2.75, 3.05) is 32.2 Å². The number of benzene rings is 1. The van der Waals surface area contributed by atoms with Crippen molar-refractivity contribution in [2.24, 2.45) is 0 Å². The van der Waals surface area contributed by atoms with Crippen molar-refractivity contribution in [1.29, 1.82) is 0 Å². The maximum absolute atomic E-state index is 9.79. The Labute approximate surface area is 114 Å². The minimum Gasteiger partial charge on any atom is -0.388 e. The predicted octanol–water partition coefficient (Wildman–Crippen LogP) is 1.98. The summed E-state index contributed by atoms with van der Waals surface area (Å²) < 4.78 is 10.9. The van der Waals surface area contributed by atoms with Crippen molar-refractivity contribution in [2.45, 2.75) is 31.7 Å². The van der Waals surface area contributed by atoms with Crippen LogP contribution in [0.4, 0.5) is 5.69 Å². The molecule has 2 rings (SSSR count). The van der Waals surface area contributed by atoms with Gasteiger partial charge in [-0.25, -0.2) is 0 Å². The van der Waals surface area contributed by atoms with Crippen molar-refractivity contribution >= 4 is 5.69 Å². The summed E-state index contributed by atoms with van der Waals surface area (Å²) in [5, 5.41) is 9.79. The number of ether oxygens (including phenoxy) is 2. The molecule has 0 aliphatic carbocycles. The lowest BCUT2D eigenvalue weighted by molar-refractivity contribution is -0.00461. The van der Waals surface area contributed by atoms with Crippen LogP contribution in [-0.4, -0.2) is 44.6 Å². The first-order valence-corrected chi connectivity index (χ1v) is 6.78. The first-order chi connectivity index (χ1) is 9.19. The van der Waals surface area contributed by atoms with Gasteiger partial charge in [0.1, 0.15) is 12.2 Å². The molecule has 1 aromatic rings. The van der Waals surface area contributed by atoms with E-state index < -0.39 is 0 Å². The van der Waals surface area contributed by atoms with Crippen LogP contribution in [0.3, 0.4) is 0 Å². The van der Waals surface area contributed by atoms with Crippen LogP contribution in [0.5, 0.6) is 0 Å². The molecule has 106 valence electrons. The Morgan fingerprint density at radius 2 is 1.68 bits per heavy atom. The van der Waals surface area contributed by atoms with Crippen molar-refractivity contribution in [1.82, 2.24) is 0 Å². The van der Waals surface area contributed by atoms with Crippen molar-refractivity contribution in [3.63, 3.8) is 0 Å². The highest BCUT2D eigenvalue weighted by Gasteiger charge is 2.32. The molecule has 1 saturated heterocycles. The van der Waals surface area contributed by atoms with Gasteiger partial charge in [0.25, 0.3) is 0 Å². The van der Waals surface area contributed by atoms with E-state index in [1.807, 2.05) is 19.1 Å². The van der Waals surface area contributed by atoms with Crippen molar-refractivity contribution in [3.05, 3.63) is 29.8 Å². The summed E-state index contributed by atoms with van der Waals surface area (Å²) in [4.78, 5) is 2.25. The summed E-state index contributed by atoms with van der Waals surface area (Å²) in [5.74, 6) is 0. The minimum atomic E-state index is -0.369. The third-order valence-electron chi connectivity index (χ3n) is 3.85. The molecule has 0 aromatic heterocycles. The summed E-state index contributed by atoms with van der Waals surface area (Å²) in [5.41, 5.74) is 2.12. The van der Waals surface area contributed by atoms with Crippen LogP contribution in [0.15, 0.2) is 24.3 Å². The summed E-state index contributed by atoms with van der Waals surface area (Å²) in [7, 11) is 3.45. The second-order valence-corrected chi connectivity index (χ2v) is 4.97. The van der Waals surface area contributed by atoms with Crippen LogP contribution in [0.25, 0.3) is 0 Å². The highest BCUT2D eigenvalue weighted by Crippen LogP contribution is 2.25. The van der Waals surface area contributed by atoms with Gasteiger partial charge in [0.05, 0.1) is 6.10 Å². The molecule has 4 heteroatoms. The maximum atomic E-state index is 9.79. The lowest BCUT2D eigenvalue weighted by atomic mass is 10.1. The fraction of sp³-hybridized carbons (Fsp3) is 0.600. The molecule has 0 radical (unpaired) electrons. The molecule has 1 aliphatic rings. The topological polar surface area (TPSA) is 41.9 Å². The van der Waals surface area contributed by atoms with Gasteiger partial charge < -0.3 is 19.5 Å². The molecular formula is C15H23NO3. The lowest BCUT2D eigenvalue weighted by Gasteiger charge is -2.19. The molecule has 0 bridgehead atoms. The van der Waals surface area contributed by atoms with Gasteiger partial charge in [-0.05, 0) is 24.1 Å². The van der Waals surface area contributed by atoms with Gasteiger partial charge in [-0.2, -0.15) is 0 Å². The Bertz CT molecular complexity index is 381. The molecule has 1 fully saturated rings. The summed E-state index contributed by atoms with van der Waals surface area (Å²) in [6.07, 6.45) is 0.600. The number of anilines is 1. The number of methoxy groups -OCH3 is 2. The quantitative estimate of drug-likeness (QED) is 0.884. The Morgan fingerprint density at radius 3 is 2.11 bits per heavy atom. The van der Waals surface area contributed by atoms with Gasteiger partial charge in [-0.1, -0.05) is 19.1 Å². The standard InChI is InChI=1S/C15H23NO3/c1-4-13(17)11-5-7-12(8-6-11)16-9-14(18-2)15(10-16)19-3/h5-8,13-15,17H,4,9-10H2,1-3H3. The molecule has 3 unspecified atom stereocenters. The first-order valence-electron chi connectivity index (χ1n) is 6.78. The van der Waals surface area contributed by atoms with E-state index in [1.165, 1.54) is 0 Å². The SMILES string of the molecule is CCC(O)c1ccc(N2CC(OC)C(OC)C2)cc1. The minimum absolute atomic E-state index is 0.117. The zero-order chi connectivity index (χ0) is 13.8. The Balaban J connectivity index is 2.07. The maximum Gasteiger partial charge on any atom is 0.102 e. The first kappa shape index (κ1) is 14.3. The monoisotopic (exact) mass is 265 g/mol. The Kier molecular flexibility index (Phi) is 4.80. The molecule has 4 nitrogen and oxygen atoms in total. The Hall–Kier alpha value is -1.10. The molecule has 1 N–H and O–H groups in total. The zero-order valence-corrected chi connectivity index (χ0v) is 11.9. The van der Waals surface area contributed by atoms with E-state index >= 15 is 0 Å². The van der Waals surface area contributed by atoms with Crippen LogP contribution in [0, 0.1) is 0 Å². The Morgan fingerprint density at radius 1 is 1.16 bits per heavy atom. The summed E-state index contributed by atoms with van der Waals surface area (Å²) >= 11 is 0. The number of aliphatic hydroxyl groups is 1. The van der Waals surface area contributed by atoms with Gasteiger partial charge in [0.2, 0.25) is 0 Å². The van der Waals surface area contributed by atoms with Crippen molar-refractivity contribution < 1.29 is 14.6 Å². The molecule has 0 spiro atoms. The highest BCUT2D eigenvalue weighted by molar-refractivity contribution is 5.49. The molecular weight excluding hydrogens is 242 g/mol. The average molecular weight is 265 g/mol. The molecule has 1 heterocycles. The van der Waals surface area contributed by atoms with E-state index in [0.29, 0.717) is 0 Å². The summed E-state index contributed by atoms with van der Waals surface area (Å²) in [6.45, 7) is 3.65. The predicted molar refractivity (Wildman–Crippen MR) is 75.5 cm³/mol. The fourth-order valence-corrected chi connectivity index (χ4v) is 2.55. The zero-order valence-electron chi connectivity index (χ0n) is 11.9. The van der Waals surface area contributed by atoms with E-state index in [4.69, 9.17) is 9.47 Å². The molecule has 3 atom stereocenters. The van der Waals surface area contributed by atoms with Crippen LogP contribution in [-0.2, 0) is 9.47 Å². The van der Waals surface area contributed by atoms with E-state index in [1.54, 1.807) is 14.2 Å². The smallest absolute Gasteiger partial charge is 0.102 e. The molecule has 0 saturated carbocycles. The normalized spacial score (nSPS) is 24.7. The molecule has 1 aromatic carbocycles. The van der Waals surface area contributed by atoms with Crippen LogP contribution < -0.4 is 4.90 Å². The molecule has 0 amide bonds. The number of hydrogen-bond donors (Lipinski definition) is 1. The van der Waals surface area contributed by atoms with E-state index in [9.17, 15) is 5.11 Å². The van der Waals surface area contributed by atoms with Crippen LogP contribution in [0.2, 0.25) is 0 Å². The van der Waals surface area contributed by atoms with Gasteiger partial charge in [0, 0.05) is 33.0 Å². The van der Waals surface area contributed by atoms with E-state index in [0.717, 1.165) is 30.8 Å². The third-order valence-corrected chi connectivity index (χ3v) is 3.85. The second kappa shape index (κ2) is 6.37. The van der Waals surface area contributed by atoms with Crippen molar-refractivity contribution in [3.8, 4) is 0 Å². The van der Waals surface area contributed by atoms with Gasteiger partial charge in [0.15, 0.2) is 0 Å². The largest absolute Gasteiger partial charge is 0.388 e. The summed E-state index contributed by atoms with van der Waals surface area (Å²) in [6, 6.07) is 8.09. The van der Waals surface area contributed by atoms with E-state index in [2.05, 4.69) is 17.0 Å². The number of nitrogens with zero attached hydrogens (tertiary/aromatic N) is 1. The number of aliphatic hydroxyl groups excluding tert-OH is 1. The molecule has 1 aliphatic heterocycles. The van der Waals surface area contributed by atoms with Gasteiger partial charge >= 0.3 is 0 Å². The van der Waals surface area contributed by atoms with Gasteiger partial charge in [-0.3, -0.25) is 0 Å². The van der Waals surface area contributed by atoms with Crippen LogP contribution >= 0.6 is 0 Å².